The molecule has 1 N–H and O–H groups in total. The molecule has 1 fully saturated rings. The summed E-state index contributed by atoms with van der Waals surface area (Å²) in [4.78, 5) is 3.61. The molecule has 2 rings (SSSR count). The zero-order valence-electron chi connectivity index (χ0n) is 11.6. The zero-order chi connectivity index (χ0) is 13.9. The van der Waals surface area contributed by atoms with E-state index >= 15 is 0 Å². The average Bonchev–Trinajstić information content (AvgIpc) is 2.84. The number of nitrogens with zero attached hydrogens (tertiary/aromatic N) is 1. The molecule has 1 aromatic heterocycles. The van der Waals surface area contributed by atoms with E-state index in [2.05, 4.69) is 40.7 Å². The van der Waals surface area contributed by atoms with E-state index in [1.54, 1.807) is 11.3 Å². The fourth-order valence-corrected chi connectivity index (χ4v) is 4.14. The molecule has 1 aliphatic rings. The summed E-state index contributed by atoms with van der Waals surface area (Å²) in [5, 5.41) is 10.7. The molecule has 1 saturated heterocycles. The van der Waals surface area contributed by atoms with Crippen molar-refractivity contribution in [3.05, 3.63) is 20.8 Å². The van der Waals surface area contributed by atoms with Crippen LogP contribution < -0.4 is 0 Å². The summed E-state index contributed by atoms with van der Waals surface area (Å²) in [6.07, 6.45) is 1.32. The molecule has 1 aromatic rings. The Balaban J connectivity index is 2.06. The van der Waals surface area contributed by atoms with Crippen LogP contribution in [-0.4, -0.2) is 48.0 Å². The van der Waals surface area contributed by atoms with Crippen LogP contribution in [0.4, 0.5) is 0 Å². The second-order valence-corrected chi connectivity index (χ2v) is 7.78. The van der Waals surface area contributed by atoms with E-state index in [0.717, 1.165) is 42.9 Å². The van der Waals surface area contributed by atoms with Crippen LogP contribution in [-0.2, 0) is 11.2 Å². The first kappa shape index (κ1) is 15.4. The minimum absolute atomic E-state index is 0.166. The number of aliphatic hydroxyl groups excluding tert-OH is 1. The van der Waals surface area contributed by atoms with Gasteiger partial charge in [-0.15, -0.1) is 11.3 Å². The highest BCUT2D eigenvalue weighted by molar-refractivity contribution is 9.11. The van der Waals surface area contributed by atoms with Crippen LogP contribution in [0.2, 0.25) is 0 Å². The van der Waals surface area contributed by atoms with Crippen molar-refractivity contribution in [3.63, 3.8) is 0 Å². The second-order valence-electron chi connectivity index (χ2n) is 5.24. The van der Waals surface area contributed by atoms with Gasteiger partial charge in [0.15, 0.2) is 0 Å². The third kappa shape index (κ3) is 3.58. The maximum atomic E-state index is 10.7. The molecule has 0 spiro atoms. The molecule has 0 saturated carbocycles. The summed E-state index contributed by atoms with van der Waals surface area (Å²) in [5.41, 5.74) is -0.166. The Morgan fingerprint density at radius 2 is 2.16 bits per heavy atom. The number of hydrogen-bond acceptors (Lipinski definition) is 4. The van der Waals surface area contributed by atoms with Crippen LogP contribution in [0.15, 0.2) is 15.9 Å². The molecule has 0 radical (unpaired) electrons. The Morgan fingerprint density at radius 1 is 1.47 bits per heavy atom. The first-order valence-electron chi connectivity index (χ1n) is 6.81. The number of halogens is 1. The highest BCUT2D eigenvalue weighted by Crippen LogP contribution is 2.30. The molecule has 0 amide bonds. The lowest BCUT2D eigenvalue weighted by atomic mass is 9.87. The Labute approximate surface area is 127 Å². The summed E-state index contributed by atoms with van der Waals surface area (Å²) in [6, 6.07) is 4.14. The quantitative estimate of drug-likeness (QED) is 0.888. The summed E-state index contributed by atoms with van der Waals surface area (Å²) >= 11 is 5.18. The fourth-order valence-electron chi connectivity index (χ4n) is 2.62. The summed E-state index contributed by atoms with van der Waals surface area (Å²) in [5.74, 6) is 0. The molecule has 2 atom stereocenters. The van der Waals surface area contributed by atoms with Crippen LogP contribution in [0.25, 0.3) is 0 Å². The van der Waals surface area contributed by atoms with E-state index in [9.17, 15) is 5.11 Å². The number of ether oxygens (including phenoxy) is 1. The second kappa shape index (κ2) is 6.68. The van der Waals surface area contributed by atoms with Gasteiger partial charge in [0.25, 0.3) is 0 Å². The van der Waals surface area contributed by atoms with Gasteiger partial charge in [-0.2, -0.15) is 0 Å². The van der Waals surface area contributed by atoms with Crippen LogP contribution in [0.1, 0.15) is 25.1 Å². The van der Waals surface area contributed by atoms with Gasteiger partial charge in [-0.3, -0.25) is 4.90 Å². The van der Waals surface area contributed by atoms with Gasteiger partial charge in [0.05, 0.1) is 23.1 Å². The van der Waals surface area contributed by atoms with E-state index in [-0.39, 0.29) is 11.6 Å². The van der Waals surface area contributed by atoms with Gasteiger partial charge in [0, 0.05) is 29.9 Å². The molecule has 2 unspecified atom stereocenters. The maximum Gasteiger partial charge on any atom is 0.0769 e. The first-order chi connectivity index (χ1) is 9.06. The number of morpholine rings is 1. The van der Waals surface area contributed by atoms with Gasteiger partial charge in [-0.05, 0) is 41.4 Å². The highest BCUT2D eigenvalue weighted by atomic mass is 79.9. The molecular weight excluding hydrogens is 326 g/mol. The number of aliphatic hydroxyl groups is 1. The highest BCUT2D eigenvalue weighted by Gasteiger charge is 2.38. The summed E-state index contributed by atoms with van der Waals surface area (Å²) in [6.45, 7) is 7.69. The lowest BCUT2D eigenvalue weighted by Gasteiger charge is -2.45. The third-order valence-electron chi connectivity index (χ3n) is 4.19. The first-order valence-corrected chi connectivity index (χ1v) is 8.42. The topological polar surface area (TPSA) is 32.7 Å². The van der Waals surface area contributed by atoms with Crippen molar-refractivity contribution in [2.24, 2.45) is 0 Å². The van der Waals surface area contributed by atoms with Crippen molar-refractivity contribution in [2.75, 3.05) is 26.3 Å². The van der Waals surface area contributed by atoms with Gasteiger partial charge >= 0.3 is 0 Å². The van der Waals surface area contributed by atoms with Crippen LogP contribution in [0.5, 0.6) is 0 Å². The van der Waals surface area contributed by atoms with E-state index in [4.69, 9.17) is 4.74 Å². The number of rotatable bonds is 5. The van der Waals surface area contributed by atoms with E-state index < -0.39 is 0 Å². The standard InChI is InChI=1S/C14H22BrNO2S/c1-3-14(2,16-6-8-18-9-7-16)12(17)10-11-4-5-13(15)19-11/h4-5,12,17H,3,6-10H2,1-2H3. The molecule has 3 nitrogen and oxygen atoms in total. The van der Waals surface area contributed by atoms with Crippen molar-refractivity contribution < 1.29 is 9.84 Å². The SMILES string of the molecule is CCC(C)(C(O)Cc1ccc(Br)s1)N1CCOCC1. The summed E-state index contributed by atoms with van der Waals surface area (Å²) < 4.78 is 6.54. The van der Waals surface area contributed by atoms with Crippen molar-refractivity contribution in [1.29, 1.82) is 0 Å². The van der Waals surface area contributed by atoms with Crippen molar-refractivity contribution in [2.45, 2.75) is 38.3 Å². The van der Waals surface area contributed by atoms with E-state index in [1.807, 2.05) is 6.07 Å². The van der Waals surface area contributed by atoms with Gasteiger partial charge in [-0.25, -0.2) is 0 Å². The predicted octanol–water partition coefficient (Wildman–Crippen LogP) is 2.91. The molecule has 2 heterocycles. The van der Waals surface area contributed by atoms with E-state index in [1.165, 1.54) is 4.88 Å². The predicted molar refractivity (Wildman–Crippen MR) is 82.8 cm³/mol. The van der Waals surface area contributed by atoms with Crippen molar-refractivity contribution in [1.82, 2.24) is 4.90 Å². The molecule has 0 aliphatic carbocycles. The number of hydrogen-bond donors (Lipinski definition) is 1. The Bertz CT molecular complexity index is 406. The molecular formula is C14H22BrNO2S. The maximum absolute atomic E-state index is 10.7. The Hall–Kier alpha value is 0.0600. The summed E-state index contributed by atoms with van der Waals surface area (Å²) in [7, 11) is 0. The zero-order valence-corrected chi connectivity index (χ0v) is 14.0. The molecule has 108 valence electrons. The molecule has 0 aromatic carbocycles. The van der Waals surface area contributed by atoms with Crippen molar-refractivity contribution in [3.8, 4) is 0 Å². The molecule has 5 heteroatoms. The molecule has 19 heavy (non-hydrogen) atoms. The van der Waals surface area contributed by atoms with Crippen LogP contribution in [0, 0.1) is 0 Å². The van der Waals surface area contributed by atoms with Crippen molar-refractivity contribution >= 4 is 27.3 Å². The largest absolute Gasteiger partial charge is 0.391 e. The average molecular weight is 348 g/mol. The lowest BCUT2D eigenvalue weighted by Crippen LogP contribution is -2.58. The van der Waals surface area contributed by atoms with Gasteiger partial charge < -0.3 is 9.84 Å². The van der Waals surface area contributed by atoms with Gasteiger partial charge in [-0.1, -0.05) is 6.92 Å². The smallest absolute Gasteiger partial charge is 0.0769 e. The Kier molecular flexibility index (Phi) is 5.43. The van der Waals surface area contributed by atoms with Gasteiger partial charge in [0.2, 0.25) is 0 Å². The van der Waals surface area contributed by atoms with Gasteiger partial charge in [0.1, 0.15) is 0 Å². The molecule has 0 bridgehead atoms. The third-order valence-corrected chi connectivity index (χ3v) is 5.84. The minimum Gasteiger partial charge on any atom is -0.391 e. The fraction of sp³-hybridized carbons (Fsp3) is 0.714. The molecule has 1 aliphatic heterocycles. The normalized spacial score (nSPS) is 22.1. The lowest BCUT2D eigenvalue weighted by molar-refractivity contribution is -0.0712. The minimum atomic E-state index is -0.346. The number of thiophene rings is 1. The monoisotopic (exact) mass is 347 g/mol. The Morgan fingerprint density at radius 3 is 2.68 bits per heavy atom. The van der Waals surface area contributed by atoms with Crippen LogP contribution in [0.3, 0.4) is 0 Å². The van der Waals surface area contributed by atoms with E-state index in [0.29, 0.717) is 0 Å². The van der Waals surface area contributed by atoms with Crippen LogP contribution >= 0.6 is 27.3 Å².